The highest BCUT2D eigenvalue weighted by molar-refractivity contribution is 7.91. The number of benzene rings is 1. The molecule has 0 unspecified atom stereocenters. The highest BCUT2D eigenvalue weighted by atomic mass is 32.2. The van der Waals surface area contributed by atoms with Crippen molar-refractivity contribution in [3.8, 4) is 11.8 Å². The summed E-state index contributed by atoms with van der Waals surface area (Å²) in [5, 5.41) is 14.7. The zero-order valence-electron chi connectivity index (χ0n) is 21.1. The van der Waals surface area contributed by atoms with E-state index in [1.54, 1.807) is 6.07 Å². The molecule has 0 radical (unpaired) electrons. The second-order valence-electron chi connectivity index (χ2n) is 9.25. The topological polar surface area (TPSA) is 124 Å². The Morgan fingerprint density at radius 3 is 2.41 bits per heavy atom. The van der Waals surface area contributed by atoms with E-state index < -0.39 is 15.4 Å². The van der Waals surface area contributed by atoms with Crippen LogP contribution in [-0.4, -0.2) is 66.1 Å². The van der Waals surface area contributed by atoms with Crippen LogP contribution < -0.4 is 15.2 Å². The van der Waals surface area contributed by atoms with Crippen molar-refractivity contribution >= 4 is 26.4 Å². The number of anilines is 1. The molecule has 1 aliphatic rings. The summed E-state index contributed by atoms with van der Waals surface area (Å²) >= 11 is 0. The zero-order valence-corrected chi connectivity index (χ0v) is 22.0. The molecule has 0 aliphatic carbocycles. The van der Waals surface area contributed by atoms with Gasteiger partial charge in [-0.1, -0.05) is 49.6 Å². The fraction of sp³-hybridized carbons (Fsp3) is 0.500. The van der Waals surface area contributed by atoms with Crippen LogP contribution in [0.3, 0.4) is 0 Å². The highest BCUT2D eigenvalue weighted by Crippen LogP contribution is 2.31. The van der Waals surface area contributed by atoms with Crippen molar-refractivity contribution in [2.45, 2.75) is 38.7 Å². The van der Waals surface area contributed by atoms with E-state index in [1.165, 1.54) is 12.6 Å². The molecular formula is C26H34N4O6S. The van der Waals surface area contributed by atoms with Crippen LogP contribution in [0.25, 0.3) is 10.8 Å². The molecule has 0 saturated carbocycles. The van der Waals surface area contributed by atoms with Gasteiger partial charge in [0.25, 0.3) is 5.56 Å². The van der Waals surface area contributed by atoms with E-state index >= 15 is 0 Å². The number of hydrogen-bond acceptors (Lipinski definition) is 9. The van der Waals surface area contributed by atoms with Gasteiger partial charge in [-0.3, -0.25) is 4.79 Å². The number of sulfone groups is 1. The van der Waals surface area contributed by atoms with E-state index in [1.807, 2.05) is 23.1 Å². The third-order valence-corrected chi connectivity index (χ3v) is 8.03. The lowest BCUT2D eigenvalue weighted by Gasteiger charge is -2.28. The summed E-state index contributed by atoms with van der Waals surface area (Å²) in [6.45, 7) is 2.30. The van der Waals surface area contributed by atoms with Crippen molar-refractivity contribution in [1.29, 1.82) is 0 Å². The summed E-state index contributed by atoms with van der Waals surface area (Å²) < 4.78 is 36.4. The number of fused-ring (bicyclic) bond motifs is 1. The first-order valence-corrected chi connectivity index (χ1v) is 14.5. The minimum atomic E-state index is -3.06. The molecule has 3 heterocycles. The molecule has 10 nitrogen and oxygen atoms in total. The molecule has 2 aromatic heterocycles. The first kappa shape index (κ1) is 26.9. The highest BCUT2D eigenvalue weighted by Gasteiger charge is 2.25. The van der Waals surface area contributed by atoms with Crippen molar-refractivity contribution in [2.24, 2.45) is 7.05 Å². The maximum Gasteiger partial charge on any atom is 0.280 e. The number of aromatic nitrogens is 3. The van der Waals surface area contributed by atoms with Gasteiger partial charge >= 0.3 is 0 Å². The molecule has 11 heteroatoms. The van der Waals surface area contributed by atoms with Crippen LogP contribution in [0.2, 0.25) is 0 Å². The summed E-state index contributed by atoms with van der Waals surface area (Å²) in [5.41, 5.74) is 0.757. The lowest BCUT2D eigenvalue weighted by atomic mass is 10.1. The summed E-state index contributed by atoms with van der Waals surface area (Å²) in [7, 11) is -1.61. The molecule has 0 atom stereocenters. The number of pyridine rings is 1. The van der Waals surface area contributed by atoms with Gasteiger partial charge in [0.2, 0.25) is 11.8 Å². The molecule has 200 valence electrons. The number of aromatic hydroxyl groups is 1. The van der Waals surface area contributed by atoms with Gasteiger partial charge in [-0.15, -0.1) is 5.10 Å². The smallest absolute Gasteiger partial charge is 0.280 e. The van der Waals surface area contributed by atoms with Crippen LogP contribution in [0.4, 0.5) is 5.82 Å². The number of unbranched alkanes of at least 4 members (excludes halogenated alkanes) is 4. The first-order chi connectivity index (χ1) is 17.8. The number of nitrogens with zero attached hydrogens (tertiary/aromatic N) is 4. The molecule has 1 aliphatic heterocycles. The monoisotopic (exact) mass is 530 g/mol. The largest absolute Gasteiger partial charge is 0.492 e. The van der Waals surface area contributed by atoms with E-state index in [-0.39, 0.29) is 47.1 Å². The third-order valence-electron chi connectivity index (χ3n) is 6.42. The molecule has 37 heavy (non-hydrogen) atoms. The fourth-order valence-electron chi connectivity index (χ4n) is 4.27. The van der Waals surface area contributed by atoms with Crippen molar-refractivity contribution in [2.75, 3.05) is 42.7 Å². The summed E-state index contributed by atoms with van der Waals surface area (Å²) in [4.78, 5) is 19.2. The third kappa shape index (κ3) is 7.20. The Morgan fingerprint density at radius 1 is 1.00 bits per heavy atom. The Hall–Kier alpha value is -3.18. The molecule has 4 rings (SSSR count). The van der Waals surface area contributed by atoms with Crippen molar-refractivity contribution in [1.82, 2.24) is 14.8 Å². The molecule has 1 saturated heterocycles. The van der Waals surface area contributed by atoms with Gasteiger partial charge in [0.05, 0.1) is 30.1 Å². The molecule has 1 N–H and O–H groups in total. The maximum atomic E-state index is 12.8. The van der Waals surface area contributed by atoms with Gasteiger partial charge in [-0.2, -0.15) is 4.98 Å². The van der Waals surface area contributed by atoms with Gasteiger partial charge < -0.3 is 19.5 Å². The average Bonchev–Trinajstić information content (AvgIpc) is 2.88. The minimum absolute atomic E-state index is 0.0288. The van der Waals surface area contributed by atoms with Gasteiger partial charge in [0, 0.05) is 26.7 Å². The Kier molecular flexibility index (Phi) is 8.99. The average molecular weight is 531 g/mol. The summed E-state index contributed by atoms with van der Waals surface area (Å²) in [6.07, 6.45) is 4.85. The van der Waals surface area contributed by atoms with Crippen LogP contribution in [0.5, 0.6) is 11.8 Å². The Morgan fingerprint density at radius 2 is 1.68 bits per heavy atom. The first-order valence-electron chi connectivity index (χ1n) is 12.6. The second kappa shape index (κ2) is 12.4. The number of rotatable bonds is 12. The van der Waals surface area contributed by atoms with Crippen molar-refractivity contribution in [3.63, 3.8) is 0 Å². The van der Waals surface area contributed by atoms with E-state index in [0.29, 0.717) is 19.0 Å². The predicted molar refractivity (Wildman–Crippen MR) is 142 cm³/mol. The summed E-state index contributed by atoms with van der Waals surface area (Å²) in [6, 6.07) is 11.7. The van der Waals surface area contributed by atoms with Gasteiger partial charge in [-0.25, -0.2) is 13.1 Å². The van der Waals surface area contributed by atoms with E-state index in [0.717, 1.165) is 43.4 Å². The molecule has 1 fully saturated rings. The van der Waals surface area contributed by atoms with Crippen LogP contribution in [0.1, 0.15) is 37.7 Å². The molecule has 0 bridgehead atoms. The van der Waals surface area contributed by atoms with Crippen LogP contribution in [0, 0.1) is 0 Å². The zero-order chi connectivity index (χ0) is 26.3. The van der Waals surface area contributed by atoms with Gasteiger partial charge in [0.1, 0.15) is 11.2 Å². The molecule has 0 amide bonds. The molecule has 3 aromatic rings. The molecular weight excluding hydrogens is 496 g/mol. The molecule has 0 spiro atoms. The van der Waals surface area contributed by atoms with Crippen LogP contribution >= 0.6 is 0 Å². The van der Waals surface area contributed by atoms with Crippen LogP contribution in [-0.2, 0) is 28.2 Å². The van der Waals surface area contributed by atoms with Gasteiger partial charge in [0.15, 0.2) is 9.84 Å². The number of hydrogen-bond donors (Lipinski definition) is 1. The van der Waals surface area contributed by atoms with Crippen molar-refractivity contribution < 1.29 is 23.0 Å². The predicted octanol–water partition coefficient (Wildman–Crippen LogP) is 2.82. The quantitative estimate of drug-likeness (QED) is 0.352. The maximum absolute atomic E-state index is 12.8. The standard InChI is InChI=1S/C26H34N4O6S/c1-29-26(32)23-21(24(31)28-29)18-22(30-12-16-37(33,34)17-13-30)27-25(23)36-15-9-4-2-3-8-14-35-19-20-10-6-5-7-11-20/h5-7,10-11,18H,2-4,8-9,12-17,19H2,1H3,(H,28,31). The van der Waals surface area contributed by atoms with E-state index in [4.69, 9.17) is 9.47 Å². The second-order valence-corrected chi connectivity index (χ2v) is 11.6. The Bertz CT molecular complexity index is 1350. The fourth-order valence-corrected chi connectivity index (χ4v) is 5.47. The van der Waals surface area contributed by atoms with Crippen molar-refractivity contribution in [3.05, 3.63) is 52.3 Å². The number of ether oxygens (including phenoxy) is 2. The van der Waals surface area contributed by atoms with Gasteiger partial charge in [-0.05, 0) is 24.5 Å². The lowest BCUT2D eigenvalue weighted by molar-refractivity contribution is 0.116. The Balaban J connectivity index is 1.30. The SMILES string of the molecule is Cn1nc(O)c2cc(N3CCS(=O)(=O)CC3)nc(OCCCCCCCOCc3ccccc3)c2c1=O. The number of aryl methyl sites for hydroxylation is 1. The van der Waals surface area contributed by atoms with E-state index in [2.05, 4.69) is 22.2 Å². The molecule has 1 aromatic carbocycles. The summed E-state index contributed by atoms with van der Waals surface area (Å²) in [5.74, 6) is 0.346. The lowest BCUT2D eigenvalue weighted by Crippen LogP contribution is -2.40. The Labute approximate surface area is 216 Å². The normalized spacial score (nSPS) is 15.2. The minimum Gasteiger partial charge on any atom is -0.492 e. The van der Waals surface area contributed by atoms with Crippen LogP contribution in [0.15, 0.2) is 41.2 Å². The van der Waals surface area contributed by atoms with E-state index in [9.17, 15) is 18.3 Å².